The van der Waals surface area contributed by atoms with Gasteiger partial charge in [0, 0.05) is 5.39 Å². The Balaban J connectivity index is 1.28. The number of fused-ring (bicyclic) bond motifs is 1. The Hall–Kier alpha value is -2.09. The standard InChI is InChI=1S/C30H39FO/c1-3-5-20-32-28-18-19-29-27(21-28)17-16-26(30(29)31)15-10-23-8-13-25(14-9-23)24-11-6-22(4-2)7-12-24/h3-5,16-19,21-25H,2,6-15,20H2,1H3. The van der Waals surface area contributed by atoms with Crippen LogP contribution in [0.15, 0.2) is 55.1 Å². The highest BCUT2D eigenvalue weighted by atomic mass is 19.1. The zero-order valence-electron chi connectivity index (χ0n) is 19.7. The molecule has 2 aromatic carbocycles. The number of rotatable bonds is 8. The molecule has 0 atom stereocenters. The van der Waals surface area contributed by atoms with Gasteiger partial charge in [-0.05, 0) is 111 Å². The molecule has 0 unspecified atom stereocenters. The molecule has 1 nitrogen and oxygen atoms in total. The van der Waals surface area contributed by atoms with E-state index in [9.17, 15) is 0 Å². The van der Waals surface area contributed by atoms with E-state index in [2.05, 4.69) is 12.7 Å². The third-order valence-electron chi connectivity index (χ3n) is 8.12. The molecule has 0 aliphatic heterocycles. The van der Waals surface area contributed by atoms with E-state index in [4.69, 9.17) is 4.74 Å². The van der Waals surface area contributed by atoms with Gasteiger partial charge >= 0.3 is 0 Å². The van der Waals surface area contributed by atoms with Crippen molar-refractivity contribution in [3.63, 3.8) is 0 Å². The van der Waals surface area contributed by atoms with Crippen LogP contribution >= 0.6 is 0 Å². The maximum absolute atomic E-state index is 15.2. The van der Waals surface area contributed by atoms with Crippen LogP contribution in [0.25, 0.3) is 10.8 Å². The maximum Gasteiger partial charge on any atom is 0.134 e. The summed E-state index contributed by atoms with van der Waals surface area (Å²) in [5.41, 5.74) is 0.866. The second kappa shape index (κ2) is 11.2. The lowest BCUT2D eigenvalue weighted by atomic mass is 9.68. The first-order valence-electron chi connectivity index (χ1n) is 12.8. The summed E-state index contributed by atoms with van der Waals surface area (Å²) in [7, 11) is 0. The largest absolute Gasteiger partial charge is 0.490 e. The highest BCUT2D eigenvalue weighted by Gasteiger charge is 2.30. The molecule has 0 heterocycles. The first kappa shape index (κ1) is 23.1. The van der Waals surface area contributed by atoms with E-state index in [0.29, 0.717) is 12.0 Å². The smallest absolute Gasteiger partial charge is 0.134 e. The fraction of sp³-hybridized carbons (Fsp3) is 0.533. The highest BCUT2D eigenvalue weighted by Crippen LogP contribution is 2.42. The van der Waals surface area contributed by atoms with Crippen molar-refractivity contribution < 1.29 is 9.13 Å². The van der Waals surface area contributed by atoms with Crippen LogP contribution in [0, 0.1) is 29.5 Å². The molecule has 2 aliphatic carbocycles. The number of hydrogen-bond donors (Lipinski definition) is 0. The van der Waals surface area contributed by atoms with Crippen LogP contribution < -0.4 is 4.74 Å². The minimum Gasteiger partial charge on any atom is -0.490 e. The summed E-state index contributed by atoms with van der Waals surface area (Å²) < 4.78 is 20.9. The lowest BCUT2D eigenvalue weighted by molar-refractivity contribution is 0.152. The van der Waals surface area contributed by atoms with Gasteiger partial charge in [0.25, 0.3) is 0 Å². The molecule has 0 spiro atoms. The minimum atomic E-state index is -0.0461. The topological polar surface area (TPSA) is 9.23 Å². The lowest BCUT2D eigenvalue weighted by Crippen LogP contribution is -2.25. The Morgan fingerprint density at radius 3 is 2.38 bits per heavy atom. The molecular formula is C30H39FO. The van der Waals surface area contributed by atoms with Gasteiger partial charge in [-0.25, -0.2) is 4.39 Å². The van der Waals surface area contributed by atoms with Crippen molar-refractivity contribution in [1.82, 2.24) is 0 Å². The zero-order valence-corrected chi connectivity index (χ0v) is 19.7. The van der Waals surface area contributed by atoms with Gasteiger partial charge in [-0.15, -0.1) is 6.58 Å². The number of allylic oxidation sites excluding steroid dienone is 2. The van der Waals surface area contributed by atoms with E-state index in [-0.39, 0.29) is 5.82 Å². The summed E-state index contributed by atoms with van der Waals surface area (Å²) in [5, 5.41) is 1.62. The summed E-state index contributed by atoms with van der Waals surface area (Å²) >= 11 is 0. The fourth-order valence-corrected chi connectivity index (χ4v) is 6.00. The lowest BCUT2D eigenvalue weighted by Gasteiger charge is -2.37. The van der Waals surface area contributed by atoms with Crippen LogP contribution in [0.3, 0.4) is 0 Å². The molecule has 0 bridgehead atoms. The highest BCUT2D eigenvalue weighted by molar-refractivity contribution is 5.85. The maximum atomic E-state index is 15.2. The van der Waals surface area contributed by atoms with Crippen molar-refractivity contribution in [3.05, 3.63) is 66.5 Å². The van der Waals surface area contributed by atoms with Gasteiger partial charge < -0.3 is 4.74 Å². The summed E-state index contributed by atoms with van der Waals surface area (Å²) in [6.07, 6.45) is 19.0. The van der Waals surface area contributed by atoms with Crippen LogP contribution in [-0.2, 0) is 6.42 Å². The molecule has 0 saturated heterocycles. The summed E-state index contributed by atoms with van der Waals surface area (Å²) in [6.45, 7) is 6.50. The number of benzene rings is 2. The Morgan fingerprint density at radius 1 is 0.969 bits per heavy atom. The SMILES string of the molecule is C=CC1CCC(C2CCC(CCc3ccc4cc(OCC=CC)ccc4c3F)CC2)CC1. The summed E-state index contributed by atoms with van der Waals surface area (Å²) in [4.78, 5) is 0. The van der Waals surface area contributed by atoms with E-state index in [1.54, 1.807) is 0 Å². The molecule has 0 N–H and O–H groups in total. The molecule has 172 valence electrons. The van der Waals surface area contributed by atoms with Crippen LogP contribution in [0.5, 0.6) is 5.75 Å². The average Bonchev–Trinajstić information content (AvgIpc) is 2.84. The van der Waals surface area contributed by atoms with E-state index < -0.39 is 0 Å². The number of aryl methyl sites for hydroxylation is 1. The predicted molar refractivity (Wildman–Crippen MR) is 134 cm³/mol. The Morgan fingerprint density at radius 2 is 1.69 bits per heavy atom. The molecule has 2 aliphatic rings. The van der Waals surface area contributed by atoms with Gasteiger partial charge in [-0.1, -0.05) is 43.2 Å². The van der Waals surface area contributed by atoms with Crippen molar-refractivity contribution in [1.29, 1.82) is 0 Å². The van der Waals surface area contributed by atoms with Crippen LogP contribution in [-0.4, -0.2) is 6.61 Å². The van der Waals surface area contributed by atoms with Crippen LogP contribution in [0.1, 0.15) is 70.3 Å². The molecule has 0 radical (unpaired) electrons. The number of halogens is 1. The molecule has 2 saturated carbocycles. The van der Waals surface area contributed by atoms with Crippen LogP contribution in [0.2, 0.25) is 0 Å². The normalized spacial score (nSPS) is 26.4. The monoisotopic (exact) mass is 434 g/mol. The Kier molecular flexibility index (Phi) is 8.05. The Labute approximate surface area is 193 Å². The zero-order chi connectivity index (χ0) is 22.3. The third-order valence-corrected chi connectivity index (χ3v) is 8.12. The van der Waals surface area contributed by atoms with Gasteiger partial charge in [0.15, 0.2) is 0 Å². The first-order chi connectivity index (χ1) is 15.7. The molecular weight excluding hydrogens is 395 g/mol. The van der Waals surface area contributed by atoms with Gasteiger partial charge in [0.05, 0.1) is 0 Å². The second-order valence-electron chi connectivity index (χ2n) is 10.0. The average molecular weight is 435 g/mol. The van der Waals surface area contributed by atoms with Crippen molar-refractivity contribution in [2.75, 3.05) is 6.61 Å². The van der Waals surface area contributed by atoms with Gasteiger partial charge in [-0.2, -0.15) is 0 Å². The second-order valence-corrected chi connectivity index (χ2v) is 10.0. The molecule has 2 aromatic rings. The molecule has 2 fully saturated rings. The molecule has 2 heteroatoms. The van der Waals surface area contributed by atoms with E-state index >= 15 is 4.39 Å². The molecule has 4 rings (SSSR count). The fourth-order valence-electron chi connectivity index (χ4n) is 6.00. The quantitative estimate of drug-likeness (QED) is 0.378. The van der Waals surface area contributed by atoms with Gasteiger partial charge in [0.2, 0.25) is 0 Å². The van der Waals surface area contributed by atoms with Crippen molar-refractivity contribution in [2.24, 2.45) is 23.7 Å². The Bertz CT molecular complexity index is 914. The first-order valence-corrected chi connectivity index (χ1v) is 12.8. The predicted octanol–water partition coefficient (Wildman–Crippen LogP) is 8.67. The van der Waals surface area contributed by atoms with Gasteiger partial charge in [0.1, 0.15) is 18.2 Å². The summed E-state index contributed by atoms with van der Waals surface area (Å²) in [6, 6.07) is 9.72. The number of ether oxygens (including phenoxy) is 1. The van der Waals surface area contributed by atoms with Crippen molar-refractivity contribution in [2.45, 2.75) is 71.1 Å². The van der Waals surface area contributed by atoms with Crippen molar-refractivity contribution >= 4 is 10.8 Å². The minimum absolute atomic E-state index is 0.0461. The molecule has 0 amide bonds. The van der Waals surface area contributed by atoms with E-state index in [0.717, 1.165) is 53.2 Å². The van der Waals surface area contributed by atoms with E-state index in [1.165, 1.54) is 51.4 Å². The van der Waals surface area contributed by atoms with Crippen molar-refractivity contribution in [3.8, 4) is 5.75 Å². The number of hydrogen-bond acceptors (Lipinski definition) is 1. The molecule has 32 heavy (non-hydrogen) atoms. The van der Waals surface area contributed by atoms with Gasteiger partial charge in [-0.3, -0.25) is 0 Å². The van der Waals surface area contributed by atoms with Crippen LogP contribution in [0.4, 0.5) is 4.39 Å². The molecule has 0 aromatic heterocycles. The third kappa shape index (κ3) is 5.63. The summed E-state index contributed by atoms with van der Waals surface area (Å²) in [5.74, 6) is 4.13. The van der Waals surface area contributed by atoms with E-state index in [1.807, 2.05) is 49.4 Å².